The molecule has 1 aromatic heterocycles. The molecule has 0 unspecified atom stereocenters. The van der Waals surface area contributed by atoms with Crippen molar-refractivity contribution < 1.29 is 22.8 Å². The molecule has 114 valence electrons. The molecular formula is C13H14F3N3O2. The van der Waals surface area contributed by atoms with Crippen LogP contribution in [0.2, 0.25) is 0 Å². The number of alkyl halides is 3. The van der Waals surface area contributed by atoms with Crippen LogP contribution in [0.1, 0.15) is 11.3 Å². The van der Waals surface area contributed by atoms with Gasteiger partial charge in [-0.15, -0.1) is 0 Å². The predicted molar refractivity (Wildman–Crippen MR) is 67.4 cm³/mol. The lowest BCUT2D eigenvalue weighted by Gasteiger charge is -2.26. The summed E-state index contributed by atoms with van der Waals surface area (Å²) in [4.78, 5) is 28.4. The summed E-state index contributed by atoms with van der Waals surface area (Å²) in [6.07, 6.45) is -3.82. The van der Waals surface area contributed by atoms with E-state index in [-0.39, 0.29) is 36.9 Å². The number of ketones is 1. The molecule has 0 aliphatic carbocycles. The van der Waals surface area contributed by atoms with Gasteiger partial charge in [0, 0.05) is 25.0 Å². The average Bonchev–Trinajstić information content (AvgIpc) is 2.41. The molecule has 1 N–H and O–H groups in total. The molecule has 0 atom stereocenters. The van der Waals surface area contributed by atoms with Crippen molar-refractivity contribution in [3.63, 3.8) is 0 Å². The number of carbonyl (C=O) groups excluding carboxylic acids is 2. The van der Waals surface area contributed by atoms with Crippen LogP contribution in [0.15, 0.2) is 18.3 Å². The quantitative estimate of drug-likeness (QED) is 0.887. The number of piperazine rings is 1. The lowest BCUT2D eigenvalue weighted by Crippen LogP contribution is -2.49. The van der Waals surface area contributed by atoms with Gasteiger partial charge in [0.15, 0.2) is 5.78 Å². The number of nitrogens with zero attached hydrogens (tertiary/aromatic N) is 2. The van der Waals surface area contributed by atoms with Crippen molar-refractivity contribution in [2.45, 2.75) is 12.6 Å². The average molecular weight is 301 g/mol. The lowest BCUT2D eigenvalue weighted by molar-refractivity contribution is -0.138. The van der Waals surface area contributed by atoms with Crippen LogP contribution < -0.4 is 5.32 Å². The second kappa shape index (κ2) is 6.21. The summed E-state index contributed by atoms with van der Waals surface area (Å²) in [6.45, 7) is 1.23. The molecule has 1 aliphatic rings. The zero-order valence-corrected chi connectivity index (χ0v) is 11.1. The van der Waals surface area contributed by atoms with Gasteiger partial charge in [-0.25, -0.2) is 0 Å². The van der Waals surface area contributed by atoms with Crippen molar-refractivity contribution in [2.75, 3.05) is 26.2 Å². The van der Waals surface area contributed by atoms with E-state index in [4.69, 9.17) is 0 Å². The first-order valence-corrected chi connectivity index (χ1v) is 6.38. The van der Waals surface area contributed by atoms with Gasteiger partial charge in [-0.05, 0) is 12.1 Å². The Balaban J connectivity index is 1.92. The van der Waals surface area contributed by atoms with Crippen LogP contribution in [-0.2, 0) is 22.2 Å². The number of Topliss-reactive ketones (excluding diaryl/α,β-unsaturated/α-hetero) is 1. The van der Waals surface area contributed by atoms with Gasteiger partial charge in [0.2, 0.25) is 5.91 Å². The molecule has 0 aromatic carbocycles. The Labute approximate surface area is 119 Å². The van der Waals surface area contributed by atoms with E-state index in [1.165, 1.54) is 11.0 Å². The van der Waals surface area contributed by atoms with Gasteiger partial charge in [0.05, 0.1) is 25.1 Å². The molecular weight excluding hydrogens is 287 g/mol. The van der Waals surface area contributed by atoms with Crippen LogP contribution in [0, 0.1) is 0 Å². The predicted octanol–water partition coefficient (Wildman–Crippen LogP) is 0.644. The van der Waals surface area contributed by atoms with E-state index in [1.807, 2.05) is 0 Å². The van der Waals surface area contributed by atoms with Gasteiger partial charge in [-0.1, -0.05) is 0 Å². The monoisotopic (exact) mass is 301 g/mol. The molecule has 2 rings (SSSR count). The maximum absolute atomic E-state index is 12.4. The van der Waals surface area contributed by atoms with Crippen molar-refractivity contribution >= 4 is 11.7 Å². The second-order valence-electron chi connectivity index (χ2n) is 4.74. The highest BCUT2D eigenvalue weighted by Crippen LogP contribution is 2.28. The summed E-state index contributed by atoms with van der Waals surface area (Å²) in [5.41, 5.74) is -0.591. The number of aromatic nitrogens is 1. The van der Waals surface area contributed by atoms with Gasteiger partial charge < -0.3 is 10.2 Å². The molecule has 5 nitrogen and oxygen atoms in total. The normalized spacial score (nSPS) is 16.1. The fraction of sp³-hybridized carbons (Fsp3) is 0.462. The molecule has 2 heterocycles. The number of amides is 1. The highest BCUT2D eigenvalue weighted by atomic mass is 19.4. The Morgan fingerprint density at radius 1 is 1.38 bits per heavy atom. The number of hydrogen-bond donors (Lipinski definition) is 1. The Bertz CT molecular complexity index is 528. The molecule has 1 fully saturated rings. The van der Waals surface area contributed by atoms with Crippen LogP contribution in [-0.4, -0.2) is 47.8 Å². The first-order chi connectivity index (χ1) is 9.86. The van der Waals surface area contributed by atoms with Gasteiger partial charge in [0.25, 0.3) is 0 Å². The van der Waals surface area contributed by atoms with Crippen molar-refractivity contribution in [1.29, 1.82) is 0 Å². The summed E-state index contributed by atoms with van der Waals surface area (Å²) in [5, 5.41) is 2.89. The molecule has 0 spiro atoms. The van der Waals surface area contributed by atoms with Crippen molar-refractivity contribution in [3.8, 4) is 0 Å². The molecule has 8 heteroatoms. The maximum atomic E-state index is 12.4. The van der Waals surface area contributed by atoms with E-state index >= 15 is 0 Å². The van der Waals surface area contributed by atoms with E-state index in [2.05, 4.69) is 10.3 Å². The Morgan fingerprint density at radius 2 is 2.14 bits per heavy atom. The van der Waals surface area contributed by atoms with E-state index < -0.39 is 11.7 Å². The van der Waals surface area contributed by atoms with Crippen LogP contribution in [0.25, 0.3) is 0 Å². The zero-order chi connectivity index (χ0) is 15.5. The first kappa shape index (κ1) is 15.4. The highest BCUT2D eigenvalue weighted by molar-refractivity contribution is 5.88. The molecule has 0 saturated carbocycles. The van der Waals surface area contributed by atoms with Crippen molar-refractivity contribution in [3.05, 3.63) is 29.6 Å². The first-order valence-electron chi connectivity index (χ1n) is 6.38. The molecule has 21 heavy (non-hydrogen) atoms. The summed E-state index contributed by atoms with van der Waals surface area (Å²) in [5.74, 6) is -0.410. The minimum absolute atomic E-state index is 0.0385. The third kappa shape index (κ3) is 4.25. The third-order valence-corrected chi connectivity index (χ3v) is 3.08. The number of carbonyl (C=O) groups is 2. The van der Waals surface area contributed by atoms with Gasteiger partial charge in [-0.3, -0.25) is 14.6 Å². The van der Waals surface area contributed by atoms with Gasteiger partial charge in [0.1, 0.15) is 0 Å². The number of rotatable bonds is 4. The largest absolute Gasteiger partial charge is 0.417 e. The molecule has 1 aromatic rings. The molecule has 1 aliphatic heterocycles. The zero-order valence-electron chi connectivity index (χ0n) is 11.1. The maximum Gasteiger partial charge on any atom is 0.417 e. The van der Waals surface area contributed by atoms with Crippen LogP contribution in [0.5, 0.6) is 0 Å². The summed E-state index contributed by atoms with van der Waals surface area (Å²) < 4.78 is 37.1. The van der Waals surface area contributed by atoms with E-state index in [1.54, 1.807) is 0 Å². The molecule has 0 bridgehead atoms. The lowest BCUT2D eigenvalue weighted by atomic mass is 10.1. The SMILES string of the molecule is O=C(Cc1ccc(C(F)(F)F)cn1)CN1CCNCC1=O. The number of pyridine rings is 1. The Hall–Kier alpha value is -1.96. The van der Waals surface area contributed by atoms with Gasteiger partial charge in [-0.2, -0.15) is 13.2 Å². The fourth-order valence-electron chi connectivity index (χ4n) is 1.98. The molecule has 1 amide bonds. The van der Waals surface area contributed by atoms with Gasteiger partial charge >= 0.3 is 6.18 Å². The summed E-state index contributed by atoms with van der Waals surface area (Å²) >= 11 is 0. The summed E-state index contributed by atoms with van der Waals surface area (Å²) in [6, 6.07) is 2.08. The Kier molecular flexibility index (Phi) is 4.56. The van der Waals surface area contributed by atoms with Crippen molar-refractivity contribution in [2.24, 2.45) is 0 Å². The number of nitrogens with one attached hydrogen (secondary N) is 1. The summed E-state index contributed by atoms with van der Waals surface area (Å²) in [7, 11) is 0. The topological polar surface area (TPSA) is 62.3 Å². The Morgan fingerprint density at radius 3 is 2.71 bits per heavy atom. The standard InChI is InChI=1S/C13H14F3N3O2/c14-13(15,16)9-1-2-10(18-6-9)5-11(20)8-19-4-3-17-7-12(19)21/h1-2,6,17H,3-5,7-8H2. The number of hydrogen-bond acceptors (Lipinski definition) is 4. The van der Waals surface area contributed by atoms with E-state index in [0.717, 1.165) is 6.07 Å². The molecule has 0 radical (unpaired) electrons. The minimum Gasteiger partial charge on any atom is -0.333 e. The van der Waals surface area contributed by atoms with Crippen LogP contribution in [0.3, 0.4) is 0 Å². The van der Waals surface area contributed by atoms with Crippen molar-refractivity contribution in [1.82, 2.24) is 15.2 Å². The fourth-order valence-corrected chi connectivity index (χ4v) is 1.98. The molecule has 1 saturated heterocycles. The van der Waals surface area contributed by atoms with E-state index in [9.17, 15) is 22.8 Å². The number of halogens is 3. The van der Waals surface area contributed by atoms with E-state index in [0.29, 0.717) is 19.3 Å². The highest BCUT2D eigenvalue weighted by Gasteiger charge is 2.30. The smallest absolute Gasteiger partial charge is 0.333 e. The second-order valence-corrected chi connectivity index (χ2v) is 4.74. The minimum atomic E-state index is -4.44. The van der Waals surface area contributed by atoms with Crippen LogP contribution >= 0.6 is 0 Å². The third-order valence-electron chi connectivity index (χ3n) is 3.08. The van der Waals surface area contributed by atoms with Crippen LogP contribution in [0.4, 0.5) is 13.2 Å².